The van der Waals surface area contributed by atoms with E-state index in [4.69, 9.17) is 4.52 Å². The molecule has 0 radical (unpaired) electrons. The Balaban J connectivity index is 1.62. The van der Waals surface area contributed by atoms with Gasteiger partial charge in [0, 0.05) is 31.1 Å². The van der Waals surface area contributed by atoms with E-state index >= 15 is 0 Å². The molecule has 2 N–H and O–H groups in total. The van der Waals surface area contributed by atoms with Gasteiger partial charge >= 0.3 is 0 Å². The molecule has 0 bridgehead atoms. The lowest BCUT2D eigenvalue weighted by atomic mass is 10.1. The number of nitrogens with zero attached hydrogens (tertiary/aromatic N) is 2. The van der Waals surface area contributed by atoms with Crippen molar-refractivity contribution in [1.29, 1.82) is 0 Å². The lowest BCUT2D eigenvalue weighted by Crippen LogP contribution is -2.30. The smallest absolute Gasteiger partial charge is 0.254 e. The molecule has 126 valence electrons. The zero-order chi connectivity index (χ0) is 16.8. The molecule has 3 rings (SSSR count). The van der Waals surface area contributed by atoms with Gasteiger partial charge in [0.2, 0.25) is 0 Å². The molecule has 0 spiro atoms. The zero-order valence-corrected chi connectivity index (χ0v) is 14.4. The number of thioether (sulfide) groups is 1. The van der Waals surface area contributed by atoms with Crippen LogP contribution in [0.15, 0.2) is 45.6 Å². The Labute approximate surface area is 145 Å². The molecule has 0 saturated heterocycles. The minimum Gasteiger partial charge on any atom is -0.361 e. The topological polar surface area (TPSA) is 80.0 Å². The Kier molecular flexibility index (Phi) is 5.66. The molecule has 1 amide bonds. The number of hydrogen-bond acceptors (Lipinski definition) is 6. The maximum Gasteiger partial charge on any atom is 0.254 e. The molecule has 0 aromatic carbocycles. The number of carbonyl (C=O) groups is 1. The van der Waals surface area contributed by atoms with E-state index in [1.54, 1.807) is 18.3 Å². The van der Waals surface area contributed by atoms with E-state index in [0.717, 1.165) is 31.0 Å². The molecule has 6 nitrogen and oxygen atoms in total. The Morgan fingerprint density at radius 3 is 3.17 bits per heavy atom. The highest BCUT2D eigenvalue weighted by Gasteiger charge is 2.14. The number of nitrogens with one attached hydrogen (secondary N) is 2. The fraction of sp³-hybridized carbons (Fsp3) is 0.353. The molecule has 0 atom stereocenters. The number of hydrogen-bond donors (Lipinski definition) is 2. The largest absolute Gasteiger partial charge is 0.361 e. The zero-order valence-electron chi connectivity index (χ0n) is 13.5. The summed E-state index contributed by atoms with van der Waals surface area (Å²) in [5, 5.41) is 10.9. The first-order valence-corrected chi connectivity index (χ1v) is 8.88. The first-order valence-electron chi connectivity index (χ1n) is 7.89. The summed E-state index contributed by atoms with van der Waals surface area (Å²) in [7, 11) is 0. The van der Waals surface area contributed by atoms with Crippen LogP contribution < -0.4 is 10.6 Å². The highest BCUT2D eigenvalue weighted by atomic mass is 32.2. The molecular weight excluding hydrogens is 324 g/mol. The number of aryl methyl sites for hydroxylation is 1. The molecule has 0 fully saturated rings. The fourth-order valence-corrected chi connectivity index (χ4v) is 3.30. The van der Waals surface area contributed by atoms with E-state index in [1.165, 1.54) is 17.3 Å². The van der Waals surface area contributed by atoms with E-state index in [9.17, 15) is 4.79 Å². The summed E-state index contributed by atoms with van der Waals surface area (Å²) in [5.41, 5.74) is 2.70. The minimum absolute atomic E-state index is 0.0960. The predicted molar refractivity (Wildman–Crippen MR) is 92.9 cm³/mol. The fourth-order valence-electron chi connectivity index (χ4n) is 2.43. The van der Waals surface area contributed by atoms with Crippen molar-refractivity contribution < 1.29 is 9.32 Å². The van der Waals surface area contributed by atoms with Crippen LogP contribution in [0.5, 0.6) is 0 Å². The highest BCUT2D eigenvalue weighted by Crippen LogP contribution is 2.24. The van der Waals surface area contributed by atoms with Crippen LogP contribution in [0, 0.1) is 6.92 Å². The molecule has 0 unspecified atom stereocenters. The van der Waals surface area contributed by atoms with Crippen LogP contribution in [0.1, 0.15) is 28.2 Å². The standard InChI is InChI=1S/C17H20N4O2S/c1-12-9-14(21-23-12)11-24-17-15(3-2-6-19-17)16(22)20-10-13-4-7-18-8-5-13/h2-4,6,9,18H,5,7-8,10-11H2,1H3,(H,20,22). The van der Waals surface area contributed by atoms with Crippen LogP contribution in [0.25, 0.3) is 0 Å². The van der Waals surface area contributed by atoms with Crippen LogP contribution in [-0.4, -0.2) is 35.7 Å². The Hall–Kier alpha value is -2.12. The van der Waals surface area contributed by atoms with Gasteiger partial charge in [-0.15, -0.1) is 0 Å². The predicted octanol–water partition coefficient (Wildman–Crippen LogP) is 2.32. The minimum atomic E-state index is -0.0960. The molecule has 24 heavy (non-hydrogen) atoms. The van der Waals surface area contributed by atoms with Crippen molar-refractivity contribution in [2.75, 3.05) is 19.6 Å². The Morgan fingerprint density at radius 2 is 2.42 bits per heavy atom. The van der Waals surface area contributed by atoms with Gasteiger partial charge in [-0.2, -0.15) is 0 Å². The second-order valence-electron chi connectivity index (χ2n) is 5.57. The number of amides is 1. The van der Waals surface area contributed by atoms with Gasteiger partial charge in [-0.05, 0) is 32.0 Å². The van der Waals surface area contributed by atoms with Gasteiger partial charge in [0.1, 0.15) is 10.8 Å². The van der Waals surface area contributed by atoms with Crippen LogP contribution in [-0.2, 0) is 5.75 Å². The average molecular weight is 344 g/mol. The average Bonchev–Trinajstić information content (AvgIpc) is 3.04. The van der Waals surface area contributed by atoms with Crippen LogP contribution in [0.4, 0.5) is 0 Å². The maximum absolute atomic E-state index is 12.5. The van der Waals surface area contributed by atoms with E-state index in [-0.39, 0.29) is 5.91 Å². The van der Waals surface area contributed by atoms with E-state index in [0.29, 0.717) is 22.9 Å². The lowest BCUT2D eigenvalue weighted by molar-refractivity contribution is 0.0953. The van der Waals surface area contributed by atoms with Crippen molar-refractivity contribution in [3.63, 3.8) is 0 Å². The van der Waals surface area contributed by atoms with Gasteiger partial charge < -0.3 is 15.2 Å². The first-order chi connectivity index (χ1) is 11.7. The number of aromatic nitrogens is 2. The molecule has 1 aliphatic heterocycles. The highest BCUT2D eigenvalue weighted by molar-refractivity contribution is 7.98. The van der Waals surface area contributed by atoms with E-state index in [2.05, 4.69) is 26.9 Å². The van der Waals surface area contributed by atoms with Crippen molar-refractivity contribution in [1.82, 2.24) is 20.8 Å². The lowest BCUT2D eigenvalue weighted by Gasteiger charge is -2.15. The van der Waals surface area contributed by atoms with Gasteiger partial charge in [0.05, 0.1) is 11.3 Å². The van der Waals surface area contributed by atoms with Crippen molar-refractivity contribution in [3.8, 4) is 0 Å². The van der Waals surface area contributed by atoms with E-state index < -0.39 is 0 Å². The van der Waals surface area contributed by atoms with Crippen molar-refractivity contribution in [3.05, 3.63) is 53.1 Å². The molecule has 1 aliphatic rings. The Morgan fingerprint density at radius 1 is 1.50 bits per heavy atom. The number of rotatable bonds is 6. The van der Waals surface area contributed by atoms with Crippen LogP contribution in [0.2, 0.25) is 0 Å². The second-order valence-corrected chi connectivity index (χ2v) is 6.54. The third-order valence-corrected chi connectivity index (χ3v) is 4.72. The van der Waals surface area contributed by atoms with Crippen molar-refractivity contribution in [2.24, 2.45) is 0 Å². The second kappa shape index (κ2) is 8.12. The number of carbonyl (C=O) groups excluding carboxylic acids is 1. The van der Waals surface area contributed by atoms with Crippen molar-refractivity contribution >= 4 is 17.7 Å². The Bertz CT molecular complexity index is 742. The summed E-state index contributed by atoms with van der Waals surface area (Å²) in [4.78, 5) is 16.8. The summed E-state index contributed by atoms with van der Waals surface area (Å²) < 4.78 is 5.06. The van der Waals surface area contributed by atoms with Gasteiger partial charge in [-0.3, -0.25) is 4.79 Å². The quantitative estimate of drug-likeness (QED) is 0.618. The summed E-state index contributed by atoms with van der Waals surface area (Å²) in [6.07, 6.45) is 4.80. The summed E-state index contributed by atoms with van der Waals surface area (Å²) >= 11 is 1.48. The third kappa shape index (κ3) is 4.46. The number of pyridine rings is 1. The molecule has 2 aromatic heterocycles. The third-order valence-electron chi connectivity index (χ3n) is 3.68. The molecule has 0 aliphatic carbocycles. The van der Waals surface area contributed by atoms with Gasteiger partial charge in [0.25, 0.3) is 5.91 Å². The molecular formula is C17H20N4O2S. The van der Waals surface area contributed by atoms with Crippen molar-refractivity contribution in [2.45, 2.75) is 24.1 Å². The normalized spacial score (nSPS) is 14.3. The van der Waals surface area contributed by atoms with Gasteiger partial charge in [-0.25, -0.2) is 4.98 Å². The SMILES string of the molecule is Cc1cc(CSc2ncccc2C(=O)NCC2=CCNCC2)no1. The summed E-state index contributed by atoms with van der Waals surface area (Å²) in [6.45, 7) is 4.28. The van der Waals surface area contributed by atoms with Crippen LogP contribution in [0.3, 0.4) is 0 Å². The van der Waals surface area contributed by atoms with E-state index in [1.807, 2.05) is 13.0 Å². The maximum atomic E-state index is 12.5. The summed E-state index contributed by atoms with van der Waals surface area (Å²) in [5.74, 6) is 1.30. The van der Waals surface area contributed by atoms with Gasteiger partial charge in [-0.1, -0.05) is 28.6 Å². The molecule has 7 heteroatoms. The van der Waals surface area contributed by atoms with Crippen LogP contribution >= 0.6 is 11.8 Å². The molecule has 0 saturated carbocycles. The molecule has 3 heterocycles. The first kappa shape index (κ1) is 16.7. The molecule has 2 aromatic rings. The monoisotopic (exact) mass is 344 g/mol. The summed E-state index contributed by atoms with van der Waals surface area (Å²) in [6, 6.07) is 5.47. The van der Waals surface area contributed by atoms with Gasteiger partial charge in [0.15, 0.2) is 0 Å².